The molecule has 58 valence electrons. The lowest BCUT2D eigenvalue weighted by Gasteiger charge is -2.29. The highest BCUT2D eigenvalue weighted by Gasteiger charge is 2.30. The largest absolute Gasteiger partial charge is 0.314 e. The number of hydrogen-bond donors (Lipinski definition) is 1. The van der Waals surface area contributed by atoms with Crippen molar-refractivity contribution in [1.29, 1.82) is 0 Å². The van der Waals surface area contributed by atoms with E-state index in [1.807, 2.05) is 0 Å². The van der Waals surface area contributed by atoms with E-state index in [0.29, 0.717) is 0 Å². The molecule has 0 bridgehead atoms. The zero-order chi connectivity index (χ0) is 6.97. The van der Waals surface area contributed by atoms with Crippen molar-refractivity contribution in [3.8, 4) is 0 Å². The molecule has 2 rings (SSSR count). The van der Waals surface area contributed by atoms with Crippen LogP contribution in [0.4, 0.5) is 0 Å². The molecule has 10 heavy (non-hydrogen) atoms. The van der Waals surface area contributed by atoms with Crippen LogP contribution in [0.3, 0.4) is 0 Å². The van der Waals surface area contributed by atoms with Gasteiger partial charge in [0.15, 0.2) is 0 Å². The van der Waals surface area contributed by atoms with Crippen molar-refractivity contribution in [2.45, 2.75) is 19.4 Å². The zero-order valence-electron chi connectivity index (χ0n) is 6.64. The highest BCUT2D eigenvalue weighted by Crippen LogP contribution is 2.22. The maximum Gasteiger partial charge on any atom is 0.0224 e. The Morgan fingerprint density at radius 1 is 1.50 bits per heavy atom. The molecule has 0 aromatic carbocycles. The van der Waals surface area contributed by atoms with E-state index in [1.54, 1.807) is 0 Å². The first-order chi connectivity index (χ1) is 4.86. The van der Waals surface area contributed by atoms with E-state index in [-0.39, 0.29) is 0 Å². The zero-order valence-corrected chi connectivity index (χ0v) is 6.64. The van der Waals surface area contributed by atoms with Crippen molar-refractivity contribution in [1.82, 2.24) is 10.2 Å². The molecule has 0 aromatic heterocycles. The van der Waals surface area contributed by atoms with E-state index in [1.165, 1.54) is 32.6 Å². The van der Waals surface area contributed by atoms with E-state index in [0.717, 1.165) is 12.0 Å². The van der Waals surface area contributed by atoms with Crippen molar-refractivity contribution in [2.24, 2.45) is 5.92 Å². The second kappa shape index (κ2) is 2.51. The van der Waals surface area contributed by atoms with Crippen LogP contribution in [0.1, 0.15) is 13.3 Å². The van der Waals surface area contributed by atoms with E-state index in [2.05, 4.69) is 17.1 Å². The number of nitrogens with one attached hydrogen (secondary N) is 1. The van der Waals surface area contributed by atoms with Crippen molar-refractivity contribution < 1.29 is 0 Å². The van der Waals surface area contributed by atoms with Crippen LogP contribution in [0.25, 0.3) is 0 Å². The van der Waals surface area contributed by atoms with Gasteiger partial charge >= 0.3 is 0 Å². The molecular formula is C8H16N2. The Bertz CT molecular complexity index is 110. The molecule has 2 aliphatic heterocycles. The van der Waals surface area contributed by atoms with Crippen LogP contribution in [-0.2, 0) is 0 Å². The molecule has 2 heterocycles. The van der Waals surface area contributed by atoms with Gasteiger partial charge in [-0.15, -0.1) is 0 Å². The van der Waals surface area contributed by atoms with Gasteiger partial charge in [-0.1, -0.05) is 6.92 Å². The topological polar surface area (TPSA) is 15.3 Å². The summed E-state index contributed by atoms with van der Waals surface area (Å²) < 4.78 is 0. The summed E-state index contributed by atoms with van der Waals surface area (Å²) in [5, 5.41) is 3.44. The van der Waals surface area contributed by atoms with Crippen molar-refractivity contribution in [3.05, 3.63) is 0 Å². The smallest absolute Gasteiger partial charge is 0.0224 e. The highest BCUT2D eigenvalue weighted by molar-refractivity contribution is 4.87. The molecule has 0 aliphatic carbocycles. The van der Waals surface area contributed by atoms with Crippen LogP contribution < -0.4 is 5.32 Å². The number of piperazine rings is 1. The van der Waals surface area contributed by atoms with Gasteiger partial charge in [-0.25, -0.2) is 0 Å². The monoisotopic (exact) mass is 140 g/mol. The average Bonchev–Trinajstić information content (AvgIpc) is 2.27. The maximum atomic E-state index is 3.44. The van der Waals surface area contributed by atoms with Crippen molar-refractivity contribution >= 4 is 0 Å². The first kappa shape index (κ1) is 6.62. The van der Waals surface area contributed by atoms with E-state index >= 15 is 0 Å². The van der Waals surface area contributed by atoms with Gasteiger partial charge in [0.1, 0.15) is 0 Å². The molecule has 0 spiro atoms. The van der Waals surface area contributed by atoms with Crippen molar-refractivity contribution in [3.63, 3.8) is 0 Å². The third kappa shape index (κ3) is 1.06. The summed E-state index contributed by atoms with van der Waals surface area (Å²) in [7, 11) is 0. The fraction of sp³-hybridized carbons (Fsp3) is 1.00. The molecule has 0 aromatic rings. The summed E-state index contributed by atoms with van der Waals surface area (Å²) in [5.74, 6) is 0.935. The molecule has 0 amide bonds. The fourth-order valence-corrected chi connectivity index (χ4v) is 2.22. The number of rotatable bonds is 0. The third-order valence-corrected chi connectivity index (χ3v) is 2.69. The highest BCUT2D eigenvalue weighted by atomic mass is 15.2. The van der Waals surface area contributed by atoms with Gasteiger partial charge < -0.3 is 5.32 Å². The maximum absolute atomic E-state index is 3.44. The van der Waals surface area contributed by atoms with Gasteiger partial charge in [-0.3, -0.25) is 4.90 Å². The molecule has 2 nitrogen and oxygen atoms in total. The van der Waals surface area contributed by atoms with E-state index in [4.69, 9.17) is 0 Å². The Balaban J connectivity index is 1.97. The summed E-state index contributed by atoms with van der Waals surface area (Å²) in [5.41, 5.74) is 0. The van der Waals surface area contributed by atoms with Crippen molar-refractivity contribution in [2.75, 3.05) is 26.2 Å². The standard InChI is InChI=1S/C8H16N2/c1-7-4-8-5-9-2-3-10(8)6-7/h7-9H,2-6H2,1H3/t7?,8-/m1/s1. The summed E-state index contributed by atoms with van der Waals surface area (Å²) in [6.45, 7) is 7.40. The summed E-state index contributed by atoms with van der Waals surface area (Å²) in [4.78, 5) is 2.63. The summed E-state index contributed by atoms with van der Waals surface area (Å²) in [6.07, 6.45) is 1.41. The number of nitrogens with zero attached hydrogens (tertiary/aromatic N) is 1. The lowest BCUT2D eigenvalue weighted by Crippen LogP contribution is -2.47. The first-order valence-corrected chi connectivity index (χ1v) is 4.31. The Morgan fingerprint density at radius 3 is 3.20 bits per heavy atom. The quantitative estimate of drug-likeness (QED) is 0.520. The second-order valence-corrected chi connectivity index (χ2v) is 3.69. The Kier molecular flexibility index (Phi) is 1.66. The molecule has 2 aliphatic rings. The van der Waals surface area contributed by atoms with Crippen LogP contribution >= 0.6 is 0 Å². The lowest BCUT2D eigenvalue weighted by atomic mass is 10.1. The normalized spacial score (nSPS) is 41.7. The molecule has 0 saturated carbocycles. The van der Waals surface area contributed by atoms with Gasteiger partial charge in [-0.2, -0.15) is 0 Å². The predicted octanol–water partition coefficient (Wildman–Crippen LogP) is 0.300. The first-order valence-electron chi connectivity index (χ1n) is 4.31. The molecule has 1 N–H and O–H groups in total. The minimum Gasteiger partial charge on any atom is -0.314 e. The summed E-state index contributed by atoms with van der Waals surface area (Å²) >= 11 is 0. The number of fused-ring (bicyclic) bond motifs is 1. The van der Waals surface area contributed by atoms with Gasteiger partial charge in [0, 0.05) is 32.2 Å². The van der Waals surface area contributed by atoms with Gasteiger partial charge in [0.2, 0.25) is 0 Å². The average molecular weight is 140 g/mol. The second-order valence-electron chi connectivity index (χ2n) is 3.69. The van der Waals surface area contributed by atoms with Gasteiger partial charge in [-0.05, 0) is 12.3 Å². The van der Waals surface area contributed by atoms with E-state index < -0.39 is 0 Å². The van der Waals surface area contributed by atoms with Crippen LogP contribution in [0, 0.1) is 5.92 Å². The Morgan fingerprint density at radius 2 is 2.40 bits per heavy atom. The van der Waals surface area contributed by atoms with Crippen LogP contribution in [-0.4, -0.2) is 37.1 Å². The molecule has 2 saturated heterocycles. The fourth-order valence-electron chi connectivity index (χ4n) is 2.22. The van der Waals surface area contributed by atoms with E-state index in [9.17, 15) is 0 Å². The van der Waals surface area contributed by atoms with Crippen LogP contribution in [0.5, 0.6) is 0 Å². The number of hydrogen-bond acceptors (Lipinski definition) is 2. The van der Waals surface area contributed by atoms with Crippen LogP contribution in [0.15, 0.2) is 0 Å². The molecule has 1 unspecified atom stereocenters. The summed E-state index contributed by atoms with van der Waals surface area (Å²) in [6, 6.07) is 0.865. The lowest BCUT2D eigenvalue weighted by molar-refractivity contribution is 0.211. The minimum atomic E-state index is 0.865. The Hall–Kier alpha value is -0.0800. The SMILES string of the molecule is CC1C[C@@H]2CNCCN2C1. The predicted molar refractivity (Wildman–Crippen MR) is 42.0 cm³/mol. The molecular weight excluding hydrogens is 124 g/mol. The van der Waals surface area contributed by atoms with Gasteiger partial charge in [0.25, 0.3) is 0 Å². The molecule has 2 fully saturated rings. The molecule has 2 heteroatoms. The third-order valence-electron chi connectivity index (χ3n) is 2.69. The van der Waals surface area contributed by atoms with Gasteiger partial charge in [0.05, 0.1) is 0 Å². The molecule has 2 atom stereocenters. The molecule has 0 radical (unpaired) electrons. The Labute approximate surface area is 62.6 Å². The van der Waals surface area contributed by atoms with Crippen LogP contribution in [0.2, 0.25) is 0 Å². The minimum absolute atomic E-state index is 0.865.